The van der Waals surface area contributed by atoms with Crippen molar-refractivity contribution in [2.24, 2.45) is 0 Å². The monoisotopic (exact) mass is 365 g/mol. The van der Waals surface area contributed by atoms with Crippen LogP contribution < -0.4 is 4.74 Å². The third kappa shape index (κ3) is 3.75. The minimum Gasteiger partial charge on any atom is -0.491 e. The predicted octanol–water partition coefficient (Wildman–Crippen LogP) is 4.56. The molecule has 0 fully saturated rings. The van der Waals surface area contributed by atoms with Crippen LogP contribution in [0.25, 0.3) is 0 Å². The van der Waals surface area contributed by atoms with Gasteiger partial charge in [-0.3, -0.25) is 4.79 Å². The average Bonchev–Trinajstić information content (AvgIpc) is 2.55. The number of aliphatic hydroxyl groups is 1. The molecule has 0 saturated carbocycles. The molecule has 0 amide bonds. The van der Waals surface area contributed by atoms with Crippen LogP contribution in [0.4, 0.5) is 0 Å². The molecule has 1 atom stereocenters. The summed E-state index contributed by atoms with van der Waals surface area (Å²) in [7, 11) is 0. The van der Waals surface area contributed by atoms with Crippen LogP contribution in [-0.4, -0.2) is 24.1 Å². The molecular weight excluding hydrogens is 347 g/mol. The molecule has 0 heterocycles. The summed E-state index contributed by atoms with van der Waals surface area (Å²) < 4.78 is 5.86. The Kier molecular flexibility index (Phi) is 6.27. The first kappa shape index (κ1) is 18.8. The summed E-state index contributed by atoms with van der Waals surface area (Å²) in [6, 6.07) is 12.3. The lowest BCUT2D eigenvalue weighted by Gasteiger charge is -2.30. The Balaban J connectivity index is 2.68. The van der Waals surface area contributed by atoms with Gasteiger partial charge in [-0.25, -0.2) is 0 Å². The van der Waals surface area contributed by atoms with Gasteiger partial charge < -0.3 is 9.84 Å². The Hall–Kier alpha value is -1.55. The molecule has 0 aromatic heterocycles. The average molecular weight is 366 g/mol. The summed E-state index contributed by atoms with van der Waals surface area (Å²) >= 11 is 12.1. The Morgan fingerprint density at radius 3 is 2.46 bits per heavy atom. The highest BCUT2D eigenvalue weighted by Gasteiger charge is 2.38. The van der Waals surface area contributed by atoms with Crippen molar-refractivity contribution >= 4 is 29.5 Å². The first-order valence-corrected chi connectivity index (χ1v) is 8.42. The molecule has 2 aromatic rings. The highest BCUT2D eigenvalue weighted by molar-refractivity contribution is 6.42. The summed E-state index contributed by atoms with van der Waals surface area (Å²) in [6.07, 6.45) is 2.22. The molecule has 0 saturated heterocycles. The molecule has 0 aliphatic heterocycles. The van der Waals surface area contributed by atoms with Crippen molar-refractivity contribution in [1.29, 1.82) is 0 Å². The van der Waals surface area contributed by atoms with Crippen LogP contribution in [0, 0.1) is 0 Å². The third-order valence-electron chi connectivity index (χ3n) is 3.78. The van der Waals surface area contributed by atoms with Crippen LogP contribution in [0.1, 0.15) is 31.4 Å². The second-order valence-corrected chi connectivity index (χ2v) is 6.59. The van der Waals surface area contributed by atoms with E-state index < -0.39 is 5.41 Å². The van der Waals surface area contributed by atoms with E-state index >= 15 is 0 Å². The largest absolute Gasteiger partial charge is 0.491 e. The Labute approximate surface area is 152 Å². The number of hydrogen-bond acceptors (Lipinski definition) is 3. The standard InChI is InChI=1S/C19H19Cl2O3/c1-13(2)24-18-6-4-3-5-15(18)19(12-23,9-10-22)14-7-8-16(20)17(21)11-14/h3-8,11,13,22H,9-10H2,1-2H3. The van der Waals surface area contributed by atoms with Crippen LogP contribution in [0.2, 0.25) is 10.0 Å². The molecule has 3 nitrogen and oxygen atoms in total. The maximum Gasteiger partial charge on any atom is 0.214 e. The smallest absolute Gasteiger partial charge is 0.214 e. The lowest BCUT2D eigenvalue weighted by atomic mass is 9.73. The summed E-state index contributed by atoms with van der Waals surface area (Å²) in [6.45, 7) is 3.63. The maximum absolute atomic E-state index is 12.1. The number of rotatable bonds is 7. The van der Waals surface area contributed by atoms with Crippen molar-refractivity contribution in [3.05, 3.63) is 63.6 Å². The molecule has 0 aliphatic carbocycles. The fourth-order valence-corrected chi connectivity index (χ4v) is 3.00. The van der Waals surface area contributed by atoms with E-state index in [1.54, 1.807) is 30.3 Å². The number of halogens is 2. The second-order valence-electron chi connectivity index (χ2n) is 5.77. The maximum atomic E-state index is 12.1. The SMILES string of the molecule is CC(C)Oc1ccccc1C([C]=O)(CCO)c1ccc(Cl)c(Cl)c1. The predicted molar refractivity (Wildman–Crippen MR) is 96.8 cm³/mol. The molecule has 0 aliphatic rings. The molecule has 1 radical (unpaired) electrons. The minimum atomic E-state index is -1.19. The molecule has 5 heteroatoms. The van der Waals surface area contributed by atoms with Crippen molar-refractivity contribution in [3.8, 4) is 5.75 Å². The van der Waals surface area contributed by atoms with Gasteiger partial charge in [-0.2, -0.15) is 0 Å². The summed E-state index contributed by atoms with van der Waals surface area (Å²) in [5, 5.41) is 10.3. The molecule has 127 valence electrons. The zero-order chi connectivity index (χ0) is 17.7. The topological polar surface area (TPSA) is 46.5 Å². The normalized spacial score (nSPS) is 13.6. The number of aliphatic hydroxyl groups excluding tert-OH is 1. The summed E-state index contributed by atoms with van der Waals surface area (Å²) in [4.78, 5) is 12.1. The minimum absolute atomic E-state index is 0.0570. The van der Waals surface area contributed by atoms with E-state index in [-0.39, 0.29) is 19.1 Å². The van der Waals surface area contributed by atoms with Gasteiger partial charge in [0.15, 0.2) is 0 Å². The van der Waals surface area contributed by atoms with Gasteiger partial charge in [-0.1, -0.05) is 47.5 Å². The van der Waals surface area contributed by atoms with Gasteiger partial charge in [0, 0.05) is 12.2 Å². The van der Waals surface area contributed by atoms with Crippen LogP contribution in [0.5, 0.6) is 5.75 Å². The molecular formula is C19H19Cl2O3. The van der Waals surface area contributed by atoms with E-state index in [1.807, 2.05) is 26.0 Å². The quantitative estimate of drug-likeness (QED) is 0.782. The molecule has 1 N–H and O–H groups in total. The second kappa shape index (κ2) is 8.02. The van der Waals surface area contributed by atoms with Crippen molar-refractivity contribution in [2.75, 3.05) is 6.61 Å². The van der Waals surface area contributed by atoms with Crippen LogP contribution in [-0.2, 0) is 10.2 Å². The zero-order valence-electron chi connectivity index (χ0n) is 13.6. The van der Waals surface area contributed by atoms with Gasteiger partial charge in [0.2, 0.25) is 6.29 Å². The van der Waals surface area contributed by atoms with E-state index in [9.17, 15) is 9.90 Å². The highest BCUT2D eigenvalue weighted by Crippen LogP contribution is 2.41. The van der Waals surface area contributed by atoms with Gasteiger partial charge in [0.1, 0.15) is 5.75 Å². The first-order valence-electron chi connectivity index (χ1n) is 7.66. The van der Waals surface area contributed by atoms with E-state index in [1.165, 1.54) is 0 Å². The Bertz CT molecular complexity index is 716. The van der Waals surface area contributed by atoms with E-state index in [4.69, 9.17) is 27.9 Å². The van der Waals surface area contributed by atoms with Gasteiger partial charge in [-0.15, -0.1) is 0 Å². The zero-order valence-corrected chi connectivity index (χ0v) is 15.1. The van der Waals surface area contributed by atoms with E-state index in [0.717, 1.165) is 0 Å². The molecule has 24 heavy (non-hydrogen) atoms. The Morgan fingerprint density at radius 1 is 1.17 bits per heavy atom. The van der Waals surface area contributed by atoms with Crippen LogP contribution >= 0.6 is 23.2 Å². The lowest BCUT2D eigenvalue weighted by Crippen LogP contribution is -2.32. The fourth-order valence-electron chi connectivity index (χ4n) is 2.70. The lowest BCUT2D eigenvalue weighted by molar-refractivity contribution is 0.233. The third-order valence-corrected chi connectivity index (χ3v) is 4.52. The number of ether oxygens (including phenoxy) is 1. The van der Waals surface area contributed by atoms with Crippen molar-refractivity contribution in [2.45, 2.75) is 31.8 Å². The number of para-hydroxylation sites is 1. The molecule has 0 bridgehead atoms. The number of hydrogen-bond donors (Lipinski definition) is 1. The van der Waals surface area contributed by atoms with Crippen molar-refractivity contribution < 1.29 is 14.6 Å². The first-order chi connectivity index (χ1) is 11.4. The summed E-state index contributed by atoms with van der Waals surface area (Å²) in [5.74, 6) is 0.579. The van der Waals surface area contributed by atoms with Gasteiger partial charge in [0.05, 0.1) is 21.6 Å². The van der Waals surface area contributed by atoms with Crippen LogP contribution in [0.15, 0.2) is 42.5 Å². The molecule has 1 unspecified atom stereocenters. The number of carbonyl (C=O) groups excluding carboxylic acids is 1. The van der Waals surface area contributed by atoms with E-state index in [0.29, 0.717) is 26.9 Å². The highest BCUT2D eigenvalue weighted by atomic mass is 35.5. The number of benzene rings is 2. The van der Waals surface area contributed by atoms with Gasteiger partial charge >= 0.3 is 0 Å². The molecule has 0 spiro atoms. The van der Waals surface area contributed by atoms with E-state index in [2.05, 4.69) is 6.29 Å². The molecule has 2 rings (SSSR count). The van der Waals surface area contributed by atoms with Crippen LogP contribution in [0.3, 0.4) is 0 Å². The van der Waals surface area contributed by atoms with Gasteiger partial charge in [0.25, 0.3) is 0 Å². The summed E-state index contributed by atoms with van der Waals surface area (Å²) in [5.41, 5.74) is 0.0657. The van der Waals surface area contributed by atoms with Gasteiger partial charge in [-0.05, 0) is 44.0 Å². The van der Waals surface area contributed by atoms with Crippen molar-refractivity contribution in [1.82, 2.24) is 0 Å². The fraction of sp³-hybridized carbons (Fsp3) is 0.316. The molecule has 2 aromatic carbocycles. The Morgan fingerprint density at radius 2 is 1.88 bits per heavy atom. The van der Waals surface area contributed by atoms with Crippen molar-refractivity contribution in [3.63, 3.8) is 0 Å².